The van der Waals surface area contributed by atoms with Gasteiger partial charge < -0.3 is 15.3 Å². The van der Waals surface area contributed by atoms with Gasteiger partial charge in [0.1, 0.15) is 6.04 Å². The number of nitrogens with one attached hydrogen (secondary N) is 1. The third-order valence-corrected chi connectivity index (χ3v) is 5.54. The molecule has 1 saturated heterocycles. The Hall–Kier alpha value is -1.89. The highest BCUT2D eigenvalue weighted by molar-refractivity contribution is 5.90. The number of nitrogens with zero attached hydrogens (tertiary/aromatic N) is 2. The second-order valence-electron chi connectivity index (χ2n) is 8.56. The summed E-state index contributed by atoms with van der Waals surface area (Å²) in [6.45, 7) is 10.1. The van der Waals surface area contributed by atoms with Crippen LogP contribution in [0.5, 0.6) is 0 Å². The van der Waals surface area contributed by atoms with Gasteiger partial charge in [-0.25, -0.2) is 4.79 Å². The van der Waals surface area contributed by atoms with Crippen molar-refractivity contribution in [1.29, 1.82) is 0 Å². The molecule has 1 heterocycles. The highest BCUT2D eigenvalue weighted by atomic mass is 16.4. The zero-order valence-electron chi connectivity index (χ0n) is 18.4. The number of hydrogen-bond acceptors (Lipinski definition) is 4. The Labute approximate surface area is 169 Å². The molecule has 1 fully saturated rings. The maximum absolute atomic E-state index is 13.2. The third kappa shape index (κ3) is 6.33. The first-order valence-electron chi connectivity index (χ1n) is 10.2. The van der Waals surface area contributed by atoms with Crippen LogP contribution < -0.4 is 5.32 Å². The van der Waals surface area contributed by atoms with E-state index >= 15 is 0 Å². The van der Waals surface area contributed by atoms with Gasteiger partial charge in [0, 0.05) is 12.6 Å². The molecule has 0 saturated carbocycles. The summed E-state index contributed by atoms with van der Waals surface area (Å²) in [5, 5.41) is 12.1. The Morgan fingerprint density at radius 1 is 1.14 bits per heavy atom. The average Bonchev–Trinajstić information content (AvgIpc) is 2.62. The fourth-order valence-corrected chi connectivity index (χ4v) is 3.61. The summed E-state index contributed by atoms with van der Waals surface area (Å²) in [5.74, 6) is -1.35. The van der Waals surface area contributed by atoms with Crippen LogP contribution in [0.2, 0.25) is 0 Å². The molecule has 28 heavy (non-hydrogen) atoms. The topological polar surface area (TPSA) is 90.0 Å². The summed E-state index contributed by atoms with van der Waals surface area (Å²) >= 11 is 0. The first-order valence-corrected chi connectivity index (χ1v) is 10.2. The molecule has 0 unspecified atom stereocenters. The quantitative estimate of drug-likeness (QED) is 0.615. The summed E-state index contributed by atoms with van der Waals surface area (Å²) < 4.78 is 0. The average molecular weight is 396 g/mol. The molecule has 7 nitrogen and oxygen atoms in total. The Morgan fingerprint density at radius 3 is 2.21 bits per heavy atom. The zero-order valence-corrected chi connectivity index (χ0v) is 18.4. The Morgan fingerprint density at radius 2 is 1.75 bits per heavy atom. The molecule has 0 aromatic carbocycles. The number of likely N-dealkylation sites (N-methyl/N-ethyl adjacent to an activating group) is 2. The van der Waals surface area contributed by atoms with Crippen molar-refractivity contribution >= 4 is 17.8 Å². The maximum Gasteiger partial charge on any atom is 0.331 e. The number of amides is 2. The molecule has 160 valence electrons. The highest BCUT2D eigenvalue weighted by Crippen LogP contribution is 2.19. The number of rotatable bonds is 8. The summed E-state index contributed by atoms with van der Waals surface area (Å²) in [4.78, 5) is 40.8. The number of hydrogen-bond donors (Lipinski definition) is 2. The molecular formula is C21H37N3O4. The number of likely N-dealkylation sites (tertiary alicyclic amines) is 1. The lowest BCUT2D eigenvalue weighted by Crippen LogP contribution is -2.57. The van der Waals surface area contributed by atoms with E-state index in [-0.39, 0.29) is 41.3 Å². The van der Waals surface area contributed by atoms with E-state index in [0.29, 0.717) is 0 Å². The van der Waals surface area contributed by atoms with Gasteiger partial charge in [0.15, 0.2) is 0 Å². The van der Waals surface area contributed by atoms with E-state index in [4.69, 9.17) is 0 Å². The SMILES string of the molecule is C/C(=C\[C@H](C(C)C)N(C)C(=O)[C@@H](NC(=O)[C@H]1CCCCN1C)C(C)C)C(=O)O. The van der Waals surface area contributed by atoms with E-state index in [2.05, 4.69) is 5.32 Å². The standard InChI is InChI=1S/C21H37N3O4/c1-13(2)17(12-15(5)21(27)28)24(7)20(26)18(14(3)4)22-19(25)16-10-8-9-11-23(16)6/h12-14,16-18H,8-11H2,1-7H3,(H,22,25)(H,27,28)/b15-12+/t16-,17-,18+/m1/s1. The van der Waals surface area contributed by atoms with Gasteiger partial charge in [0.2, 0.25) is 11.8 Å². The van der Waals surface area contributed by atoms with E-state index in [1.54, 1.807) is 18.0 Å². The van der Waals surface area contributed by atoms with E-state index < -0.39 is 12.0 Å². The van der Waals surface area contributed by atoms with Crippen LogP contribution in [0.3, 0.4) is 0 Å². The molecular weight excluding hydrogens is 358 g/mol. The second-order valence-corrected chi connectivity index (χ2v) is 8.56. The van der Waals surface area contributed by atoms with Crippen molar-refractivity contribution in [2.45, 2.75) is 72.0 Å². The minimum Gasteiger partial charge on any atom is -0.478 e. The number of carbonyl (C=O) groups is 3. The van der Waals surface area contributed by atoms with Gasteiger partial charge in [-0.15, -0.1) is 0 Å². The molecule has 1 aliphatic heterocycles. The van der Waals surface area contributed by atoms with Crippen molar-refractivity contribution in [1.82, 2.24) is 15.1 Å². The normalized spacial score (nSPS) is 20.8. The minimum absolute atomic E-state index is 0.0382. The fraction of sp³-hybridized carbons (Fsp3) is 0.762. The molecule has 0 radical (unpaired) electrons. The van der Waals surface area contributed by atoms with Gasteiger partial charge in [-0.3, -0.25) is 14.5 Å². The molecule has 1 aliphatic rings. The predicted molar refractivity (Wildman–Crippen MR) is 110 cm³/mol. The molecule has 0 bridgehead atoms. The van der Waals surface area contributed by atoms with Gasteiger partial charge in [0.25, 0.3) is 0 Å². The number of piperidine rings is 1. The zero-order chi connectivity index (χ0) is 21.6. The van der Waals surface area contributed by atoms with E-state index in [1.165, 1.54) is 6.92 Å². The lowest BCUT2D eigenvalue weighted by atomic mass is 9.96. The predicted octanol–water partition coefficient (Wildman–Crippen LogP) is 2.13. The van der Waals surface area contributed by atoms with Crippen LogP contribution in [-0.4, -0.2) is 71.5 Å². The maximum atomic E-state index is 13.2. The second kappa shape index (κ2) is 10.6. The molecule has 7 heteroatoms. The Balaban J connectivity index is 2.99. The van der Waals surface area contributed by atoms with Crippen molar-refractivity contribution in [2.24, 2.45) is 11.8 Å². The molecule has 0 aromatic heterocycles. The molecule has 0 spiro atoms. The molecule has 0 aliphatic carbocycles. The van der Waals surface area contributed by atoms with E-state index in [1.807, 2.05) is 39.6 Å². The minimum atomic E-state index is -0.999. The van der Waals surface area contributed by atoms with Gasteiger partial charge in [0.05, 0.1) is 12.1 Å². The van der Waals surface area contributed by atoms with Gasteiger partial charge in [-0.2, -0.15) is 0 Å². The van der Waals surface area contributed by atoms with Crippen molar-refractivity contribution in [2.75, 3.05) is 20.6 Å². The Kier molecular flexibility index (Phi) is 9.14. The lowest BCUT2D eigenvalue weighted by Gasteiger charge is -2.36. The highest BCUT2D eigenvalue weighted by Gasteiger charge is 2.34. The smallest absolute Gasteiger partial charge is 0.331 e. The molecule has 2 amide bonds. The first-order chi connectivity index (χ1) is 13.0. The summed E-state index contributed by atoms with van der Waals surface area (Å²) in [6.07, 6.45) is 4.50. The third-order valence-electron chi connectivity index (χ3n) is 5.54. The Bertz CT molecular complexity index is 600. The molecule has 3 atom stereocenters. The number of carboxylic acid groups (broad SMARTS) is 1. The fourth-order valence-electron chi connectivity index (χ4n) is 3.61. The van der Waals surface area contributed by atoms with Crippen molar-refractivity contribution in [3.8, 4) is 0 Å². The van der Waals surface area contributed by atoms with Crippen LogP contribution in [0.1, 0.15) is 53.9 Å². The van der Waals surface area contributed by atoms with Crippen LogP contribution in [0.15, 0.2) is 11.6 Å². The summed E-state index contributed by atoms with van der Waals surface area (Å²) in [7, 11) is 3.61. The summed E-state index contributed by atoms with van der Waals surface area (Å²) in [6, 6.07) is -1.21. The van der Waals surface area contributed by atoms with Gasteiger partial charge >= 0.3 is 5.97 Å². The molecule has 0 aromatic rings. The molecule has 1 rings (SSSR count). The van der Waals surface area contributed by atoms with Crippen molar-refractivity contribution < 1.29 is 19.5 Å². The van der Waals surface area contributed by atoms with Crippen LogP contribution in [0.4, 0.5) is 0 Å². The van der Waals surface area contributed by atoms with Gasteiger partial charge in [-0.1, -0.05) is 40.2 Å². The number of carboxylic acids is 1. The number of aliphatic carboxylic acids is 1. The summed E-state index contributed by atoms with van der Waals surface area (Å²) in [5.41, 5.74) is 0.201. The van der Waals surface area contributed by atoms with Crippen molar-refractivity contribution in [3.63, 3.8) is 0 Å². The van der Waals surface area contributed by atoms with Crippen LogP contribution in [0, 0.1) is 11.8 Å². The number of carbonyl (C=O) groups excluding carboxylic acids is 2. The van der Waals surface area contributed by atoms with Crippen LogP contribution >= 0.6 is 0 Å². The first kappa shape index (κ1) is 24.1. The van der Waals surface area contributed by atoms with Crippen molar-refractivity contribution in [3.05, 3.63) is 11.6 Å². The lowest BCUT2D eigenvalue weighted by molar-refractivity contribution is -0.140. The molecule has 2 N–H and O–H groups in total. The van der Waals surface area contributed by atoms with Gasteiger partial charge in [-0.05, 0) is 45.2 Å². The largest absolute Gasteiger partial charge is 0.478 e. The van der Waals surface area contributed by atoms with Crippen LogP contribution in [-0.2, 0) is 14.4 Å². The van der Waals surface area contributed by atoms with Crippen LogP contribution in [0.25, 0.3) is 0 Å². The van der Waals surface area contributed by atoms with E-state index in [0.717, 1.165) is 25.8 Å². The van der Waals surface area contributed by atoms with E-state index in [9.17, 15) is 19.5 Å². The monoisotopic (exact) mass is 395 g/mol.